The van der Waals surface area contributed by atoms with Gasteiger partial charge < -0.3 is 5.32 Å². The summed E-state index contributed by atoms with van der Waals surface area (Å²) in [5.41, 5.74) is 0.519. The summed E-state index contributed by atoms with van der Waals surface area (Å²) >= 11 is 0. The lowest BCUT2D eigenvalue weighted by Gasteiger charge is -2.24. The number of nitrogens with zero attached hydrogens (tertiary/aromatic N) is 2. The van der Waals surface area contributed by atoms with E-state index in [1.165, 1.54) is 10.6 Å². The largest absolute Gasteiger partial charge is 0.315 e. The molecular formula is C14H21N3O2S. The van der Waals surface area contributed by atoms with Gasteiger partial charge in [0.1, 0.15) is 11.2 Å². The molecule has 0 saturated carbocycles. The van der Waals surface area contributed by atoms with Crippen molar-refractivity contribution >= 4 is 22.0 Å². The zero-order valence-corrected chi connectivity index (χ0v) is 12.7. The number of nitrogens with one attached hydrogen (secondary N) is 1. The average molecular weight is 295 g/mol. The van der Waals surface area contributed by atoms with Gasteiger partial charge in [-0.3, -0.25) is 4.31 Å². The Bertz CT molecular complexity index is 582. The Morgan fingerprint density at radius 1 is 1.25 bits per heavy atom. The monoisotopic (exact) mass is 295 g/mol. The number of rotatable bonds is 6. The van der Waals surface area contributed by atoms with Gasteiger partial charge in [-0.25, -0.2) is 13.4 Å². The first-order valence-electron chi connectivity index (χ1n) is 6.90. The lowest BCUT2D eigenvalue weighted by atomic mass is 10.3. The fourth-order valence-corrected chi connectivity index (χ4v) is 3.49. The van der Waals surface area contributed by atoms with Crippen molar-refractivity contribution in [1.29, 1.82) is 0 Å². The lowest BCUT2D eigenvalue weighted by molar-refractivity contribution is 0.494. The minimum atomic E-state index is -3.42. The molecule has 5 nitrogen and oxygen atoms in total. The second-order valence-electron chi connectivity index (χ2n) is 5.14. The van der Waals surface area contributed by atoms with E-state index in [0.29, 0.717) is 23.2 Å². The summed E-state index contributed by atoms with van der Waals surface area (Å²) < 4.78 is 26.1. The average Bonchev–Trinajstić information content (AvgIpc) is 2.40. The third-order valence-corrected chi connectivity index (χ3v) is 4.93. The number of hydrogen-bond donors (Lipinski definition) is 1. The molecule has 0 spiro atoms. The summed E-state index contributed by atoms with van der Waals surface area (Å²) in [5.74, 6) is 0. The molecule has 1 aromatic carbocycles. The SMILES string of the molecule is CC(C)NCCCCN1C=Nc2ccccc2S1(=O)=O. The molecule has 110 valence electrons. The smallest absolute Gasteiger partial charge is 0.267 e. The van der Waals surface area contributed by atoms with Gasteiger partial charge in [0, 0.05) is 12.6 Å². The lowest BCUT2D eigenvalue weighted by Crippen LogP contribution is -2.33. The van der Waals surface area contributed by atoms with Gasteiger partial charge in [0.05, 0.1) is 5.69 Å². The van der Waals surface area contributed by atoms with Crippen molar-refractivity contribution in [2.24, 2.45) is 4.99 Å². The van der Waals surface area contributed by atoms with Crippen molar-refractivity contribution in [3.8, 4) is 0 Å². The summed E-state index contributed by atoms with van der Waals surface area (Å²) in [4.78, 5) is 4.50. The van der Waals surface area contributed by atoms with E-state index in [-0.39, 0.29) is 0 Å². The van der Waals surface area contributed by atoms with Crippen molar-refractivity contribution in [2.75, 3.05) is 13.1 Å². The summed E-state index contributed by atoms with van der Waals surface area (Å²) in [7, 11) is -3.42. The Labute approximate surface area is 120 Å². The quantitative estimate of drug-likeness (QED) is 0.818. The number of unbranched alkanes of at least 4 members (excludes halogenated alkanes) is 1. The van der Waals surface area contributed by atoms with E-state index in [9.17, 15) is 8.42 Å². The van der Waals surface area contributed by atoms with Crippen molar-refractivity contribution in [2.45, 2.75) is 37.6 Å². The number of benzene rings is 1. The molecular weight excluding hydrogens is 274 g/mol. The van der Waals surface area contributed by atoms with E-state index >= 15 is 0 Å². The van der Waals surface area contributed by atoms with Crippen LogP contribution in [-0.2, 0) is 10.0 Å². The van der Waals surface area contributed by atoms with Gasteiger partial charge >= 0.3 is 0 Å². The Kier molecular flexibility index (Phi) is 4.77. The van der Waals surface area contributed by atoms with E-state index in [0.717, 1.165) is 19.4 Å². The first-order chi connectivity index (χ1) is 9.51. The van der Waals surface area contributed by atoms with Crippen molar-refractivity contribution in [3.05, 3.63) is 24.3 Å². The Morgan fingerprint density at radius 3 is 2.75 bits per heavy atom. The molecule has 1 N–H and O–H groups in total. The molecule has 1 aliphatic heterocycles. The number of fused-ring (bicyclic) bond motifs is 1. The highest BCUT2D eigenvalue weighted by atomic mass is 32.2. The Hall–Kier alpha value is -1.40. The number of aliphatic imine (C=N–C) groups is 1. The molecule has 0 atom stereocenters. The molecule has 0 fully saturated rings. The minimum absolute atomic E-state index is 0.294. The topological polar surface area (TPSA) is 61.8 Å². The van der Waals surface area contributed by atoms with Gasteiger partial charge in [-0.2, -0.15) is 0 Å². The van der Waals surface area contributed by atoms with Crippen LogP contribution in [0.5, 0.6) is 0 Å². The van der Waals surface area contributed by atoms with Crippen LogP contribution in [0.15, 0.2) is 34.2 Å². The molecule has 0 aliphatic carbocycles. The van der Waals surface area contributed by atoms with E-state index < -0.39 is 10.0 Å². The first-order valence-corrected chi connectivity index (χ1v) is 8.34. The first kappa shape index (κ1) is 15.0. The summed E-state index contributed by atoms with van der Waals surface area (Å²) in [6, 6.07) is 7.30. The number of hydrogen-bond acceptors (Lipinski definition) is 4. The highest BCUT2D eigenvalue weighted by molar-refractivity contribution is 7.89. The maximum Gasteiger partial charge on any atom is 0.267 e. The van der Waals surface area contributed by atoms with Crippen molar-refractivity contribution in [3.63, 3.8) is 0 Å². The van der Waals surface area contributed by atoms with Crippen LogP contribution >= 0.6 is 0 Å². The number of sulfonamides is 1. The van der Waals surface area contributed by atoms with Crippen LogP contribution < -0.4 is 5.32 Å². The van der Waals surface area contributed by atoms with Crippen LogP contribution in [0, 0.1) is 0 Å². The molecule has 1 aliphatic rings. The van der Waals surface area contributed by atoms with Crippen LogP contribution in [0.1, 0.15) is 26.7 Å². The molecule has 6 heteroatoms. The molecule has 0 amide bonds. The Morgan fingerprint density at radius 2 is 2.00 bits per heavy atom. The standard InChI is InChI=1S/C14H21N3O2S/c1-12(2)15-9-5-6-10-17-11-16-13-7-3-4-8-14(13)20(17,18)19/h3-4,7-8,11-12,15H,5-6,9-10H2,1-2H3. The molecule has 0 aromatic heterocycles. The predicted octanol–water partition coefficient (Wildman–Crippen LogP) is 2.13. The van der Waals surface area contributed by atoms with E-state index in [1.54, 1.807) is 24.3 Å². The molecule has 1 aromatic rings. The van der Waals surface area contributed by atoms with Crippen LogP contribution in [0.4, 0.5) is 5.69 Å². The summed E-state index contributed by atoms with van der Waals surface area (Å²) in [6.07, 6.45) is 3.18. The maximum absolute atomic E-state index is 12.4. The molecule has 0 saturated heterocycles. The highest BCUT2D eigenvalue weighted by Gasteiger charge is 2.27. The van der Waals surface area contributed by atoms with Crippen LogP contribution in [0.2, 0.25) is 0 Å². The van der Waals surface area contributed by atoms with Gasteiger partial charge in [0.2, 0.25) is 0 Å². The molecule has 1 heterocycles. The van der Waals surface area contributed by atoms with Gasteiger partial charge in [-0.1, -0.05) is 26.0 Å². The fourth-order valence-electron chi connectivity index (χ4n) is 2.06. The minimum Gasteiger partial charge on any atom is -0.315 e. The fraction of sp³-hybridized carbons (Fsp3) is 0.500. The van der Waals surface area contributed by atoms with Crippen LogP contribution in [-0.4, -0.2) is 38.2 Å². The normalized spacial score (nSPS) is 16.4. The zero-order valence-electron chi connectivity index (χ0n) is 11.9. The molecule has 0 unspecified atom stereocenters. The van der Waals surface area contributed by atoms with Crippen molar-refractivity contribution < 1.29 is 8.42 Å². The third-order valence-electron chi connectivity index (χ3n) is 3.14. The maximum atomic E-state index is 12.4. The van der Waals surface area contributed by atoms with E-state index in [1.807, 2.05) is 0 Å². The van der Waals surface area contributed by atoms with E-state index in [4.69, 9.17) is 0 Å². The summed E-state index contributed by atoms with van der Waals surface area (Å²) in [5, 5.41) is 3.32. The van der Waals surface area contributed by atoms with Gasteiger partial charge in [0.15, 0.2) is 0 Å². The Balaban J connectivity index is 1.95. The summed E-state index contributed by atoms with van der Waals surface area (Å²) in [6.45, 7) is 5.57. The molecule has 2 rings (SSSR count). The second-order valence-corrected chi connectivity index (χ2v) is 7.00. The second kappa shape index (κ2) is 6.37. The predicted molar refractivity (Wildman–Crippen MR) is 80.9 cm³/mol. The molecule has 20 heavy (non-hydrogen) atoms. The third kappa shape index (κ3) is 3.37. The highest BCUT2D eigenvalue weighted by Crippen LogP contribution is 2.29. The van der Waals surface area contributed by atoms with E-state index in [2.05, 4.69) is 24.2 Å². The van der Waals surface area contributed by atoms with Crippen LogP contribution in [0.25, 0.3) is 0 Å². The van der Waals surface area contributed by atoms with Gasteiger partial charge in [0.25, 0.3) is 10.0 Å². The van der Waals surface area contributed by atoms with Gasteiger partial charge in [-0.05, 0) is 31.5 Å². The van der Waals surface area contributed by atoms with Crippen LogP contribution in [0.3, 0.4) is 0 Å². The zero-order chi connectivity index (χ0) is 14.6. The number of para-hydroxylation sites is 1. The van der Waals surface area contributed by atoms with Gasteiger partial charge in [-0.15, -0.1) is 0 Å². The molecule has 0 bridgehead atoms. The van der Waals surface area contributed by atoms with Crippen molar-refractivity contribution in [1.82, 2.24) is 9.62 Å². The molecule has 0 radical (unpaired) electrons.